The van der Waals surface area contributed by atoms with Gasteiger partial charge in [0.15, 0.2) is 16.0 Å². The van der Waals surface area contributed by atoms with Crippen LogP contribution in [-0.2, 0) is 6.54 Å². The Morgan fingerprint density at radius 3 is 3.00 bits per heavy atom. The van der Waals surface area contributed by atoms with Crippen molar-refractivity contribution < 1.29 is 9.52 Å². The minimum Gasteiger partial charge on any atom is -0.504 e. The van der Waals surface area contributed by atoms with E-state index in [1.54, 1.807) is 0 Å². The molecule has 4 heteroatoms. The maximum Gasteiger partial charge on any atom is 0.177 e. The quantitative estimate of drug-likeness (QED) is 0.868. The zero-order valence-corrected chi connectivity index (χ0v) is 9.26. The average Bonchev–Trinajstić information content (AvgIpc) is 2.52. The number of aromatic hydroxyl groups is 1. The number of rotatable bonds is 2. The van der Waals surface area contributed by atoms with Crippen molar-refractivity contribution >= 4 is 26.9 Å². The number of furan rings is 1. The van der Waals surface area contributed by atoms with Crippen LogP contribution in [0.3, 0.4) is 0 Å². The van der Waals surface area contributed by atoms with Gasteiger partial charge in [0, 0.05) is 17.5 Å². The van der Waals surface area contributed by atoms with Crippen LogP contribution in [0.25, 0.3) is 11.0 Å². The summed E-state index contributed by atoms with van der Waals surface area (Å²) in [4.78, 5) is 0. The van der Waals surface area contributed by atoms with Crippen LogP contribution in [0.15, 0.2) is 27.3 Å². The summed E-state index contributed by atoms with van der Waals surface area (Å²) in [5, 5.41) is 13.7. The third-order valence-electron chi connectivity index (χ3n) is 2.08. The SMILES string of the molecule is CNCc1ccc2cc(Br)oc2c1O. The predicted molar refractivity (Wildman–Crippen MR) is 58.3 cm³/mol. The van der Waals surface area contributed by atoms with Crippen LogP contribution in [0.2, 0.25) is 0 Å². The largest absolute Gasteiger partial charge is 0.504 e. The Kier molecular flexibility index (Phi) is 2.48. The molecule has 2 aromatic rings. The van der Waals surface area contributed by atoms with Crippen molar-refractivity contribution in [3.63, 3.8) is 0 Å². The minimum atomic E-state index is 0.211. The standard InChI is InChI=1S/C10H10BrNO2/c1-12-5-7-3-2-6-4-8(11)14-10(6)9(7)13/h2-4,12-13H,5H2,1H3. The molecule has 0 fully saturated rings. The molecule has 0 saturated carbocycles. The van der Waals surface area contributed by atoms with Crippen molar-refractivity contribution in [3.05, 3.63) is 28.4 Å². The fourth-order valence-corrected chi connectivity index (χ4v) is 1.84. The second-order valence-electron chi connectivity index (χ2n) is 3.07. The van der Waals surface area contributed by atoms with Crippen LogP contribution >= 0.6 is 15.9 Å². The Morgan fingerprint density at radius 2 is 2.29 bits per heavy atom. The first kappa shape index (κ1) is 9.55. The lowest BCUT2D eigenvalue weighted by molar-refractivity contribution is 0.454. The molecular weight excluding hydrogens is 246 g/mol. The summed E-state index contributed by atoms with van der Waals surface area (Å²) in [5.74, 6) is 0.211. The Morgan fingerprint density at radius 1 is 1.50 bits per heavy atom. The number of phenolic OH excluding ortho intramolecular Hbond substituents is 1. The van der Waals surface area contributed by atoms with E-state index in [1.165, 1.54) is 0 Å². The molecule has 1 heterocycles. The molecule has 0 spiro atoms. The molecule has 14 heavy (non-hydrogen) atoms. The first-order valence-electron chi connectivity index (χ1n) is 4.27. The molecule has 0 unspecified atom stereocenters. The highest BCUT2D eigenvalue weighted by molar-refractivity contribution is 9.10. The Balaban J connectivity index is 2.61. The van der Waals surface area contributed by atoms with E-state index in [2.05, 4.69) is 21.2 Å². The highest BCUT2D eigenvalue weighted by Crippen LogP contribution is 2.32. The second kappa shape index (κ2) is 3.63. The third kappa shape index (κ3) is 1.51. The Bertz CT molecular complexity index is 464. The molecule has 3 nitrogen and oxygen atoms in total. The fraction of sp³-hybridized carbons (Fsp3) is 0.200. The zero-order chi connectivity index (χ0) is 10.1. The number of benzene rings is 1. The lowest BCUT2D eigenvalue weighted by atomic mass is 10.1. The summed E-state index contributed by atoms with van der Waals surface area (Å²) in [7, 11) is 1.84. The van der Waals surface area contributed by atoms with E-state index in [0.29, 0.717) is 16.8 Å². The van der Waals surface area contributed by atoms with Crippen LogP contribution in [0.5, 0.6) is 5.75 Å². The van der Waals surface area contributed by atoms with Gasteiger partial charge in [-0.2, -0.15) is 0 Å². The lowest BCUT2D eigenvalue weighted by Crippen LogP contribution is -2.04. The molecule has 1 aromatic carbocycles. The summed E-state index contributed by atoms with van der Waals surface area (Å²) in [6, 6.07) is 5.64. The number of hydrogen-bond donors (Lipinski definition) is 2. The van der Waals surface area contributed by atoms with Crippen LogP contribution in [0.4, 0.5) is 0 Å². The second-order valence-corrected chi connectivity index (χ2v) is 3.85. The molecule has 1 aromatic heterocycles. The van der Waals surface area contributed by atoms with E-state index in [9.17, 15) is 5.11 Å². The van der Waals surface area contributed by atoms with Crippen LogP contribution in [0.1, 0.15) is 5.56 Å². The Hall–Kier alpha value is -1.00. The summed E-state index contributed by atoms with van der Waals surface area (Å²) in [6.45, 7) is 0.625. The molecule has 0 atom stereocenters. The van der Waals surface area contributed by atoms with E-state index in [4.69, 9.17) is 4.42 Å². The lowest BCUT2D eigenvalue weighted by Gasteiger charge is -2.03. The van der Waals surface area contributed by atoms with Gasteiger partial charge in [-0.05, 0) is 29.0 Å². The topological polar surface area (TPSA) is 45.4 Å². The number of nitrogens with one attached hydrogen (secondary N) is 1. The molecule has 0 saturated heterocycles. The fourth-order valence-electron chi connectivity index (χ4n) is 1.43. The Labute approximate surface area is 89.8 Å². The summed E-state index contributed by atoms with van der Waals surface area (Å²) in [6.07, 6.45) is 0. The monoisotopic (exact) mass is 255 g/mol. The zero-order valence-electron chi connectivity index (χ0n) is 7.67. The average molecular weight is 256 g/mol. The maximum atomic E-state index is 9.84. The van der Waals surface area contributed by atoms with Gasteiger partial charge in [-0.3, -0.25) is 0 Å². The summed E-state index contributed by atoms with van der Waals surface area (Å²) < 4.78 is 5.95. The smallest absolute Gasteiger partial charge is 0.177 e. The first-order chi connectivity index (χ1) is 6.72. The molecule has 0 aliphatic heterocycles. The predicted octanol–water partition coefficient (Wildman–Crippen LogP) is 2.62. The van der Waals surface area contributed by atoms with Crippen LogP contribution in [-0.4, -0.2) is 12.2 Å². The van der Waals surface area contributed by atoms with Gasteiger partial charge in [-0.25, -0.2) is 0 Å². The van der Waals surface area contributed by atoms with Gasteiger partial charge in [0.1, 0.15) is 0 Å². The first-order valence-corrected chi connectivity index (χ1v) is 5.06. The number of phenols is 1. The van der Waals surface area contributed by atoms with Gasteiger partial charge in [-0.15, -0.1) is 0 Å². The molecular formula is C10H10BrNO2. The van der Waals surface area contributed by atoms with Crippen molar-refractivity contribution in [2.24, 2.45) is 0 Å². The highest BCUT2D eigenvalue weighted by atomic mass is 79.9. The molecule has 2 rings (SSSR count). The summed E-state index contributed by atoms with van der Waals surface area (Å²) >= 11 is 3.23. The van der Waals surface area contributed by atoms with Crippen molar-refractivity contribution in [1.29, 1.82) is 0 Å². The van der Waals surface area contributed by atoms with Crippen molar-refractivity contribution in [2.75, 3.05) is 7.05 Å². The molecule has 0 radical (unpaired) electrons. The minimum absolute atomic E-state index is 0.211. The van der Waals surface area contributed by atoms with Gasteiger partial charge >= 0.3 is 0 Å². The van der Waals surface area contributed by atoms with Crippen molar-refractivity contribution in [3.8, 4) is 5.75 Å². The van der Waals surface area contributed by atoms with E-state index in [0.717, 1.165) is 10.9 Å². The highest BCUT2D eigenvalue weighted by Gasteiger charge is 2.09. The number of hydrogen-bond acceptors (Lipinski definition) is 3. The van der Waals surface area contributed by atoms with Crippen molar-refractivity contribution in [1.82, 2.24) is 5.32 Å². The normalized spacial score (nSPS) is 11.0. The van der Waals surface area contributed by atoms with Crippen LogP contribution < -0.4 is 5.32 Å². The molecule has 0 bridgehead atoms. The van der Waals surface area contributed by atoms with Gasteiger partial charge in [0.25, 0.3) is 0 Å². The van der Waals surface area contributed by atoms with Crippen LogP contribution in [0, 0.1) is 0 Å². The molecule has 0 amide bonds. The van der Waals surface area contributed by atoms with Gasteiger partial charge < -0.3 is 14.8 Å². The molecule has 0 aliphatic carbocycles. The summed E-state index contributed by atoms with van der Waals surface area (Å²) in [5.41, 5.74) is 1.37. The number of halogens is 1. The third-order valence-corrected chi connectivity index (χ3v) is 2.47. The van der Waals surface area contributed by atoms with E-state index < -0.39 is 0 Å². The van der Waals surface area contributed by atoms with E-state index in [1.807, 2.05) is 25.2 Å². The van der Waals surface area contributed by atoms with E-state index >= 15 is 0 Å². The van der Waals surface area contributed by atoms with E-state index in [-0.39, 0.29) is 5.75 Å². The van der Waals surface area contributed by atoms with Gasteiger partial charge in [0.05, 0.1) is 0 Å². The van der Waals surface area contributed by atoms with Crippen molar-refractivity contribution in [2.45, 2.75) is 6.54 Å². The van der Waals surface area contributed by atoms with Gasteiger partial charge in [-0.1, -0.05) is 12.1 Å². The van der Waals surface area contributed by atoms with Gasteiger partial charge in [0.2, 0.25) is 0 Å². The maximum absolute atomic E-state index is 9.84. The number of fused-ring (bicyclic) bond motifs is 1. The molecule has 74 valence electrons. The molecule has 0 aliphatic rings. The molecule has 2 N–H and O–H groups in total.